The molecule has 3 aliphatic heterocycles. The zero-order valence-corrected chi connectivity index (χ0v) is 22.2. The lowest BCUT2D eigenvalue weighted by atomic mass is 9.91. The number of hydrogen-bond acceptors (Lipinski definition) is 7. The zero-order valence-electron chi connectivity index (χ0n) is 22.2. The fourth-order valence-electron chi connectivity index (χ4n) is 6.10. The Morgan fingerprint density at radius 1 is 1.11 bits per heavy atom. The van der Waals surface area contributed by atoms with Gasteiger partial charge in [0.1, 0.15) is 30.9 Å². The van der Waals surface area contributed by atoms with E-state index in [1.54, 1.807) is 12.0 Å². The van der Waals surface area contributed by atoms with E-state index in [4.69, 9.17) is 9.47 Å². The van der Waals surface area contributed by atoms with Gasteiger partial charge in [-0.1, -0.05) is 20.3 Å². The highest BCUT2D eigenvalue weighted by Gasteiger charge is 2.53. The highest BCUT2D eigenvalue weighted by molar-refractivity contribution is 5.99. The lowest BCUT2D eigenvalue weighted by molar-refractivity contribution is -0.138. The highest BCUT2D eigenvalue weighted by atomic mass is 16.5. The molecule has 202 valence electrons. The molecule has 1 saturated carbocycles. The van der Waals surface area contributed by atoms with Crippen LogP contribution in [0.1, 0.15) is 49.9 Å². The van der Waals surface area contributed by atoms with Crippen molar-refractivity contribution in [3.63, 3.8) is 0 Å². The molecule has 1 aliphatic carbocycles. The van der Waals surface area contributed by atoms with Crippen LogP contribution in [-0.4, -0.2) is 104 Å². The van der Waals surface area contributed by atoms with Gasteiger partial charge in [-0.3, -0.25) is 19.3 Å². The summed E-state index contributed by atoms with van der Waals surface area (Å²) in [6.07, 6.45) is 3.71. The number of methoxy groups -OCH3 is 1. The summed E-state index contributed by atoms with van der Waals surface area (Å²) in [5.74, 6) is -0.469. The van der Waals surface area contributed by atoms with E-state index in [-0.39, 0.29) is 42.8 Å². The second-order valence-corrected chi connectivity index (χ2v) is 11.3. The average Bonchev–Trinajstić information content (AvgIpc) is 3.43. The van der Waals surface area contributed by atoms with Crippen molar-refractivity contribution in [2.45, 2.75) is 69.9 Å². The molecular weight excluding hydrogens is 472 g/mol. The Balaban J connectivity index is 1.22. The van der Waals surface area contributed by atoms with Gasteiger partial charge < -0.3 is 24.6 Å². The first-order valence-corrected chi connectivity index (χ1v) is 13.7. The van der Waals surface area contributed by atoms with Crippen LogP contribution in [0.25, 0.3) is 0 Å². The van der Waals surface area contributed by atoms with Crippen molar-refractivity contribution < 1.29 is 23.9 Å². The number of carbonyl (C=O) groups excluding carboxylic acids is 3. The third-order valence-electron chi connectivity index (χ3n) is 8.43. The molecule has 1 aromatic carbocycles. The largest absolute Gasteiger partial charge is 0.377 e. The fourth-order valence-corrected chi connectivity index (χ4v) is 6.10. The third-order valence-corrected chi connectivity index (χ3v) is 8.43. The predicted octanol–water partition coefficient (Wildman–Crippen LogP) is 1.70. The summed E-state index contributed by atoms with van der Waals surface area (Å²) in [4.78, 5) is 45.8. The summed E-state index contributed by atoms with van der Waals surface area (Å²) in [5.41, 5.74) is 1.64. The van der Waals surface area contributed by atoms with Gasteiger partial charge >= 0.3 is 0 Å². The first kappa shape index (κ1) is 26.1. The average molecular weight is 513 g/mol. The lowest BCUT2D eigenvalue weighted by Gasteiger charge is -2.43. The number of ether oxygens (including phenoxy) is 2. The second-order valence-electron chi connectivity index (χ2n) is 11.3. The van der Waals surface area contributed by atoms with Gasteiger partial charge in [0, 0.05) is 50.6 Å². The van der Waals surface area contributed by atoms with E-state index in [9.17, 15) is 14.4 Å². The van der Waals surface area contributed by atoms with E-state index in [2.05, 4.69) is 15.1 Å². The van der Waals surface area contributed by atoms with E-state index in [1.807, 2.05) is 38.1 Å². The predicted molar refractivity (Wildman–Crippen MR) is 140 cm³/mol. The van der Waals surface area contributed by atoms with Gasteiger partial charge in [-0.2, -0.15) is 0 Å². The summed E-state index contributed by atoms with van der Waals surface area (Å²) in [5, 5.41) is 2.96. The molecule has 0 unspecified atom stereocenters. The van der Waals surface area contributed by atoms with Crippen molar-refractivity contribution in [3.05, 3.63) is 29.8 Å². The Bertz CT molecular complexity index is 987. The number of Topliss-reactive ketones (excluding diaryl/α,β-unsaturated/α-hetero) is 1. The Hall–Kier alpha value is -2.49. The number of anilines is 1. The molecule has 0 bridgehead atoms. The molecule has 3 saturated heterocycles. The van der Waals surface area contributed by atoms with Crippen molar-refractivity contribution in [2.75, 3.05) is 51.3 Å². The number of benzene rings is 1. The zero-order chi connectivity index (χ0) is 26.1. The first-order valence-electron chi connectivity index (χ1n) is 13.7. The van der Waals surface area contributed by atoms with Crippen LogP contribution in [0.2, 0.25) is 0 Å². The van der Waals surface area contributed by atoms with Crippen molar-refractivity contribution in [2.24, 2.45) is 5.92 Å². The van der Waals surface area contributed by atoms with E-state index in [0.29, 0.717) is 12.0 Å². The van der Waals surface area contributed by atoms with Gasteiger partial charge in [0.25, 0.3) is 5.91 Å². The summed E-state index contributed by atoms with van der Waals surface area (Å²) >= 11 is 0. The number of fused-ring (bicyclic) bond motifs is 1. The molecule has 9 heteroatoms. The van der Waals surface area contributed by atoms with Crippen LogP contribution in [0.5, 0.6) is 0 Å². The Labute approximate surface area is 219 Å². The minimum absolute atomic E-state index is 0.0117. The highest BCUT2D eigenvalue weighted by Crippen LogP contribution is 2.30. The maximum Gasteiger partial charge on any atom is 0.251 e. The lowest BCUT2D eigenvalue weighted by Crippen LogP contribution is -2.52. The molecule has 0 aromatic heterocycles. The standard InChI is InChI=1S/C28H40N4O5/c1-18(2)15-22(28(35)32-16-24(36-3)26-25(32)23(33)17-37-26)29-27(34)19-7-9-21(10-8-19)31-13-11-30(12-14-31)20-5-4-6-20/h7-10,18,20,22,24-26H,4-6,11-17H2,1-3H3,(H,29,34)/t22-,24-,25+,26+/m0/s1. The van der Waals surface area contributed by atoms with Crippen LogP contribution in [0.15, 0.2) is 24.3 Å². The molecule has 0 radical (unpaired) electrons. The van der Waals surface area contributed by atoms with Crippen molar-refractivity contribution in [1.29, 1.82) is 0 Å². The molecule has 1 aromatic rings. The van der Waals surface area contributed by atoms with E-state index in [1.165, 1.54) is 19.3 Å². The van der Waals surface area contributed by atoms with Crippen LogP contribution in [-0.2, 0) is 19.1 Å². The second kappa shape index (κ2) is 11.1. The quantitative estimate of drug-likeness (QED) is 0.567. The molecule has 3 heterocycles. The number of hydrogen-bond donors (Lipinski definition) is 1. The smallest absolute Gasteiger partial charge is 0.251 e. The van der Waals surface area contributed by atoms with Gasteiger partial charge in [0.05, 0.1) is 6.54 Å². The van der Waals surface area contributed by atoms with Crippen molar-refractivity contribution >= 4 is 23.3 Å². The Morgan fingerprint density at radius 2 is 1.81 bits per heavy atom. The molecule has 2 amide bonds. The normalized spacial score (nSPS) is 27.4. The number of amides is 2. The Morgan fingerprint density at radius 3 is 2.41 bits per heavy atom. The number of piperazine rings is 1. The van der Waals surface area contributed by atoms with Gasteiger partial charge in [0.15, 0.2) is 5.78 Å². The number of likely N-dealkylation sites (tertiary alicyclic amines) is 1. The minimum atomic E-state index is -0.726. The molecule has 4 fully saturated rings. The van der Waals surface area contributed by atoms with Crippen molar-refractivity contribution in [1.82, 2.24) is 15.1 Å². The maximum atomic E-state index is 13.6. The number of ketones is 1. The molecule has 5 rings (SSSR count). The molecular formula is C28H40N4O5. The SMILES string of the molecule is CO[C@H]1CN(C(=O)[C@H](CC(C)C)NC(=O)c2ccc(N3CCN(C4CCC4)CC3)cc2)[C@@H]2C(=O)CO[C@H]12. The number of nitrogens with one attached hydrogen (secondary N) is 1. The summed E-state index contributed by atoms with van der Waals surface area (Å²) < 4.78 is 11.1. The Kier molecular flexibility index (Phi) is 7.83. The van der Waals surface area contributed by atoms with Crippen LogP contribution >= 0.6 is 0 Å². The van der Waals surface area contributed by atoms with Gasteiger partial charge in [-0.25, -0.2) is 0 Å². The topological polar surface area (TPSA) is 91.4 Å². The van der Waals surface area contributed by atoms with E-state index < -0.39 is 18.2 Å². The van der Waals surface area contributed by atoms with Crippen LogP contribution in [0, 0.1) is 5.92 Å². The van der Waals surface area contributed by atoms with Gasteiger partial charge in [0.2, 0.25) is 5.91 Å². The molecule has 4 aliphatic rings. The maximum absolute atomic E-state index is 13.6. The minimum Gasteiger partial charge on any atom is -0.377 e. The third kappa shape index (κ3) is 5.40. The number of carbonyl (C=O) groups is 3. The first-order chi connectivity index (χ1) is 17.9. The van der Waals surface area contributed by atoms with Crippen LogP contribution < -0.4 is 10.2 Å². The van der Waals surface area contributed by atoms with Crippen LogP contribution in [0.3, 0.4) is 0 Å². The van der Waals surface area contributed by atoms with Gasteiger partial charge in [-0.15, -0.1) is 0 Å². The molecule has 9 nitrogen and oxygen atoms in total. The number of rotatable bonds is 8. The van der Waals surface area contributed by atoms with E-state index in [0.717, 1.165) is 37.9 Å². The van der Waals surface area contributed by atoms with Gasteiger partial charge in [-0.05, 0) is 49.4 Å². The molecule has 4 atom stereocenters. The molecule has 1 N–H and O–H groups in total. The molecule has 37 heavy (non-hydrogen) atoms. The summed E-state index contributed by atoms with van der Waals surface area (Å²) in [6, 6.07) is 7.07. The number of nitrogens with zero attached hydrogens (tertiary/aromatic N) is 3. The summed E-state index contributed by atoms with van der Waals surface area (Å²) in [6.45, 7) is 8.46. The van der Waals surface area contributed by atoms with Crippen LogP contribution in [0.4, 0.5) is 5.69 Å². The summed E-state index contributed by atoms with van der Waals surface area (Å²) in [7, 11) is 1.56. The monoisotopic (exact) mass is 512 g/mol. The van der Waals surface area contributed by atoms with E-state index >= 15 is 0 Å². The van der Waals surface area contributed by atoms with Crippen molar-refractivity contribution in [3.8, 4) is 0 Å². The molecule has 0 spiro atoms. The fraction of sp³-hybridized carbons (Fsp3) is 0.679.